The van der Waals surface area contributed by atoms with E-state index in [4.69, 9.17) is 9.47 Å². The number of carbonyl (C=O) groups is 4. The number of carbonyl (C=O) groups excluding carboxylic acids is 4. The van der Waals surface area contributed by atoms with Crippen molar-refractivity contribution in [1.29, 1.82) is 0 Å². The first-order chi connectivity index (χ1) is 36.4. The third kappa shape index (κ3) is 11.1. The van der Waals surface area contributed by atoms with Crippen LogP contribution in [0.5, 0.6) is 11.5 Å². The molecule has 15 nitrogen and oxygen atoms in total. The molecule has 5 aromatic carbocycles. The Balaban J connectivity index is 0.000000212. The minimum Gasteiger partial charge on any atom is -0.497 e. The molecule has 0 spiro atoms. The van der Waals surface area contributed by atoms with Gasteiger partial charge in [0.1, 0.15) is 34.8 Å². The highest BCUT2D eigenvalue weighted by Crippen LogP contribution is 2.34. The normalized spacial score (nSPS) is 13.2. The summed E-state index contributed by atoms with van der Waals surface area (Å²) in [6, 6.07) is 26.1. The Kier molecular flexibility index (Phi) is 16.0. The van der Waals surface area contributed by atoms with E-state index in [0.29, 0.717) is 75.2 Å². The molecule has 2 aliphatic rings. The van der Waals surface area contributed by atoms with Crippen molar-refractivity contribution in [2.45, 2.75) is 58.8 Å². The van der Waals surface area contributed by atoms with Gasteiger partial charge in [-0.1, -0.05) is 67.2 Å². The molecule has 0 saturated heterocycles. The van der Waals surface area contributed by atoms with Gasteiger partial charge in [-0.25, -0.2) is 37.5 Å². The van der Waals surface area contributed by atoms with Gasteiger partial charge in [0.2, 0.25) is 0 Å². The van der Waals surface area contributed by atoms with Crippen LogP contribution in [0, 0.1) is 23.3 Å². The van der Waals surface area contributed by atoms with E-state index < -0.39 is 34.8 Å². The zero-order chi connectivity index (χ0) is 54.4. The molecule has 2 aromatic heterocycles. The highest BCUT2D eigenvalue weighted by Gasteiger charge is 2.36. The molecule has 19 heteroatoms. The molecule has 0 saturated carbocycles. The van der Waals surface area contributed by atoms with Crippen LogP contribution in [0.4, 0.5) is 17.6 Å². The molecule has 9 rings (SSSR count). The largest absolute Gasteiger partial charge is 0.497 e. The molecular weight excluding hydrogens is 985 g/mol. The van der Waals surface area contributed by atoms with Crippen LogP contribution in [-0.2, 0) is 47.7 Å². The summed E-state index contributed by atoms with van der Waals surface area (Å²) in [7, 11) is 3.07. The van der Waals surface area contributed by atoms with Crippen LogP contribution in [0.1, 0.15) is 92.1 Å². The van der Waals surface area contributed by atoms with E-state index in [2.05, 4.69) is 42.5 Å². The van der Waals surface area contributed by atoms with Crippen LogP contribution in [0.2, 0.25) is 0 Å². The molecule has 4 heterocycles. The summed E-state index contributed by atoms with van der Waals surface area (Å²) in [6.07, 6.45) is 0.373. The smallest absolute Gasteiger partial charge is 0.258 e. The Morgan fingerprint density at radius 2 is 1.25 bits per heavy atom. The Labute approximate surface area is 435 Å². The number of nitrogens with one attached hydrogen (secondary N) is 3. The third-order valence-corrected chi connectivity index (χ3v) is 12.8. The van der Waals surface area contributed by atoms with Crippen molar-refractivity contribution in [3.05, 3.63) is 195 Å². The summed E-state index contributed by atoms with van der Waals surface area (Å²) in [5.41, 5.74) is 3.17. The van der Waals surface area contributed by atoms with Gasteiger partial charge in [0.25, 0.3) is 23.6 Å². The van der Waals surface area contributed by atoms with Crippen LogP contribution >= 0.6 is 0 Å². The lowest BCUT2D eigenvalue weighted by atomic mass is 9.93. The second kappa shape index (κ2) is 22.7. The van der Waals surface area contributed by atoms with Gasteiger partial charge in [0, 0.05) is 43.1 Å². The van der Waals surface area contributed by atoms with Gasteiger partial charge in [-0.05, 0) is 79.4 Å². The first kappa shape index (κ1) is 53.5. The van der Waals surface area contributed by atoms with E-state index in [1.165, 1.54) is 26.2 Å². The molecule has 0 bridgehead atoms. The zero-order valence-corrected chi connectivity index (χ0v) is 42.1. The van der Waals surface area contributed by atoms with Crippen LogP contribution in [-0.4, -0.2) is 80.9 Å². The number of halogens is 4. The maximum atomic E-state index is 14.8. The minimum atomic E-state index is -1.75. The molecule has 0 radical (unpaired) electrons. The minimum absolute atomic E-state index is 0.0935. The van der Waals surface area contributed by atoms with Crippen molar-refractivity contribution in [1.82, 2.24) is 40.8 Å². The van der Waals surface area contributed by atoms with Gasteiger partial charge in [0.15, 0.2) is 17.2 Å². The number of benzene rings is 5. The fourth-order valence-electron chi connectivity index (χ4n) is 8.77. The molecule has 390 valence electrons. The molecular formula is C57H52F4N8O7. The molecule has 0 aliphatic carbocycles. The van der Waals surface area contributed by atoms with Crippen LogP contribution in [0.15, 0.2) is 110 Å². The fraction of sp³-hybridized carbons (Fsp3) is 0.228. The summed E-state index contributed by atoms with van der Waals surface area (Å²) in [6.45, 7) is 10.1. The van der Waals surface area contributed by atoms with E-state index in [1.54, 1.807) is 85.7 Å². The summed E-state index contributed by atoms with van der Waals surface area (Å²) >= 11 is 0. The van der Waals surface area contributed by atoms with Crippen molar-refractivity contribution < 1.29 is 51.3 Å². The van der Waals surface area contributed by atoms with Gasteiger partial charge in [-0.3, -0.25) is 19.2 Å². The lowest BCUT2D eigenvalue weighted by Crippen LogP contribution is -2.42. The Morgan fingerprint density at radius 3 is 1.79 bits per heavy atom. The number of nitrogens with zero attached hydrogens (tertiary/aromatic N) is 5. The van der Waals surface area contributed by atoms with Gasteiger partial charge in [0.05, 0.1) is 78.9 Å². The molecule has 1 atom stereocenters. The monoisotopic (exact) mass is 1040 g/mol. The lowest BCUT2D eigenvalue weighted by molar-refractivity contribution is -0.138. The SMILES string of the molecule is C=C(C(=O)NCC)c1ccc(Cc2nc(-c3c(F)cccc3F)nc3c2C(=O)NC3)cc1.CCNC(=O)C(C)(O)c1ccc(Cc2nc(-c3c(F)cccc3F)nc3c2C(=O)N(Cc2ccc(OC)cc2OC)C3)cc1. The first-order valence-electron chi connectivity index (χ1n) is 24.1. The summed E-state index contributed by atoms with van der Waals surface area (Å²) in [5.74, 6) is -3.76. The van der Waals surface area contributed by atoms with Crippen molar-refractivity contribution in [3.63, 3.8) is 0 Å². The molecule has 4 amide bonds. The number of fused-ring (bicyclic) bond motifs is 2. The zero-order valence-electron chi connectivity index (χ0n) is 42.1. The molecule has 4 N–H and O–H groups in total. The van der Waals surface area contributed by atoms with E-state index >= 15 is 0 Å². The topological polar surface area (TPSA) is 198 Å². The number of methoxy groups -OCH3 is 2. The molecule has 76 heavy (non-hydrogen) atoms. The number of hydrogen-bond acceptors (Lipinski definition) is 11. The number of hydrogen-bond donors (Lipinski definition) is 4. The van der Waals surface area contributed by atoms with Crippen LogP contribution < -0.4 is 25.4 Å². The first-order valence-corrected chi connectivity index (χ1v) is 24.1. The number of aromatic nitrogens is 4. The van der Waals surface area contributed by atoms with Crippen LogP contribution in [0.3, 0.4) is 0 Å². The van der Waals surface area contributed by atoms with Gasteiger partial charge in [-0.2, -0.15) is 0 Å². The quantitative estimate of drug-likeness (QED) is 0.0542. The maximum absolute atomic E-state index is 14.8. The Bertz CT molecular complexity index is 3370. The standard InChI is InChI=1S/C33H32F2N4O5.C24H20F2N4O2/c1-5-36-32(41)33(2,42)21-12-9-19(10-13-21)15-25-29-26(38-30(37-25)28-23(34)7-6-8-24(28)35)18-39(31(29)40)17-20-11-14-22(43-3)16-27(20)44-4;1-3-27-23(31)13(2)15-9-7-14(8-10-15)11-18-21-19(12-28-24(21)32)30-22(29-18)20-16(25)5-4-6-17(20)26/h6-14,16,42H,5,15,17-18H2,1-4H3,(H,36,41);4-10H,2-3,11-12H2,1H3,(H,27,31)(H,28,32). The number of rotatable bonds is 16. The maximum Gasteiger partial charge on any atom is 0.258 e. The second-order valence-electron chi connectivity index (χ2n) is 17.9. The Morgan fingerprint density at radius 1 is 0.711 bits per heavy atom. The fourth-order valence-corrected chi connectivity index (χ4v) is 8.77. The van der Waals surface area contributed by atoms with Gasteiger partial charge in [-0.15, -0.1) is 0 Å². The molecule has 2 aliphatic heterocycles. The second-order valence-corrected chi connectivity index (χ2v) is 17.9. The van der Waals surface area contributed by atoms with E-state index in [9.17, 15) is 41.8 Å². The average Bonchev–Trinajstić information content (AvgIpc) is 3.94. The highest BCUT2D eigenvalue weighted by molar-refractivity contribution is 6.18. The number of ether oxygens (including phenoxy) is 2. The van der Waals surface area contributed by atoms with Gasteiger partial charge >= 0.3 is 0 Å². The molecule has 7 aromatic rings. The third-order valence-electron chi connectivity index (χ3n) is 12.8. The van der Waals surface area contributed by atoms with Crippen molar-refractivity contribution in [3.8, 4) is 34.3 Å². The van der Waals surface area contributed by atoms with E-state index in [1.807, 2.05) is 6.92 Å². The van der Waals surface area contributed by atoms with E-state index in [0.717, 1.165) is 35.4 Å². The number of likely N-dealkylation sites (N-methyl/N-ethyl adjacent to an activating group) is 2. The van der Waals surface area contributed by atoms with E-state index in [-0.39, 0.29) is 78.5 Å². The summed E-state index contributed by atoms with van der Waals surface area (Å²) in [4.78, 5) is 69.6. The number of amides is 4. The van der Waals surface area contributed by atoms with Crippen molar-refractivity contribution in [2.24, 2.45) is 0 Å². The predicted molar refractivity (Wildman–Crippen MR) is 274 cm³/mol. The molecule has 0 fully saturated rings. The summed E-state index contributed by atoms with van der Waals surface area (Å²) in [5, 5.41) is 18.8. The predicted octanol–water partition coefficient (Wildman–Crippen LogP) is 7.93. The number of aliphatic hydroxyl groups is 1. The Hall–Kier alpha value is -8.84. The highest BCUT2D eigenvalue weighted by atomic mass is 19.1. The molecule has 1 unspecified atom stereocenters. The van der Waals surface area contributed by atoms with Crippen molar-refractivity contribution >= 4 is 29.2 Å². The van der Waals surface area contributed by atoms with Crippen molar-refractivity contribution in [2.75, 3.05) is 27.3 Å². The average molecular weight is 1040 g/mol. The van der Waals surface area contributed by atoms with Crippen LogP contribution in [0.25, 0.3) is 28.3 Å². The summed E-state index contributed by atoms with van der Waals surface area (Å²) < 4.78 is 69.1. The van der Waals surface area contributed by atoms with Gasteiger partial charge < -0.3 is 35.4 Å². The lowest BCUT2D eigenvalue weighted by Gasteiger charge is -2.22.